The van der Waals surface area contributed by atoms with Crippen molar-refractivity contribution in [3.63, 3.8) is 0 Å². The molecule has 2 aromatic rings. The number of anilines is 1. The number of carbonyl (C=O) groups is 1. The topological polar surface area (TPSA) is 75.7 Å². The predicted octanol–water partition coefficient (Wildman–Crippen LogP) is 3.36. The maximum absolute atomic E-state index is 12.7. The lowest BCUT2D eigenvalue weighted by Gasteiger charge is -2.24. The van der Waals surface area contributed by atoms with E-state index in [9.17, 15) is 26.4 Å². The SMILES string of the molecule is COc1ccccc1C(C)NC(=O)CN(c1ccc(C(F)(F)F)cc1)S(C)(=O)=O. The highest BCUT2D eigenvalue weighted by molar-refractivity contribution is 7.92. The van der Waals surface area contributed by atoms with Crippen LogP contribution in [0.1, 0.15) is 24.1 Å². The second-order valence-electron chi connectivity index (χ2n) is 6.35. The number of nitrogens with zero attached hydrogens (tertiary/aromatic N) is 1. The molecule has 0 saturated heterocycles. The molecule has 0 heterocycles. The van der Waals surface area contributed by atoms with Gasteiger partial charge in [0.15, 0.2) is 0 Å². The average molecular weight is 430 g/mol. The van der Waals surface area contributed by atoms with E-state index < -0.39 is 40.3 Å². The monoisotopic (exact) mass is 430 g/mol. The molecule has 2 aromatic carbocycles. The van der Waals surface area contributed by atoms with Gasteiger partial charge in [-0.1, -0.05) is 18.2 Å². The van der Waals surface area contributed by atoms with Crippen molar-refractivity contribution >= 4 is 21.6 Å². The van der Waals surface area contributed by atoms with Crippen molar-refractivity contribution in [1.29, 1.82) is 0 Å². The van der Waals surface area contributed by atoms with Crippen molar-refractivity contribution in [2.75, 3.05) is 24.2 Å². The summed E-state index contributed by atoms with van der Waals surface area (Å²) in [5, 5.41) is 2.67. The highest BCUT2D eigenvalue weighted by Crippen LogP contribution is 2.31. The molecule has 0 radical (unpaired) electrons. The number of hydrogen-bond donors (Lipinski definition) is 1. The van der Waals surface area contributed by atoms with Gasteiger partial charge in [-0.3, -0.25) is 9.10 Å². The van der Waals surface area contributed by atoms with Crippen LogP contribution in [0.15, 0.2) is 48.5 Å². The molecule has 6 nitrogen and oxygen atoms in total. The molecule has 158 valence electrons. The Labute approximate surface area is 167 Å². The lowest BCUT2D eigenvalue weighted by molar-refractivity contribution is -0.137. The number of hydrogen-bond acceptors (Lipinski definition) is 4. The minimum absolute atomic E-state index is 0.0411. The lowest BCUT2D eigenvalue weighted by Crippen LogP contribution is -2.41. The number of methoxy groups -OCH3 is 1. The second kappa shape index (κ2) is 8.73. The molecule has 0 saturated carbocycles. The first-order chi connectivity index (χ1) is 13.4. The average Bonchev–Trinajstić information content (AvgIpc) is 2.64. The van der Waals surface area contributed by atoms with Crippen molar-refractivity contribution in [3.05, 3.63) is 59.7 Å². The maximum atomic E-state index is 12.7. The molecule has 2 rings (SSSR count). The molecule has 0 aliphatic carbocycles. The van der Waals surface area contributed by atoms with E-state index in [0.717, 1.165) is 34.8 Å². The van der Waals surface area contributed by atoms with Gasteiger partial charge in [0.25, 0.3) is 0 Å². The first-order valence-electron chi connectivity index (χ1n) is 8.50. The molecular formula is C19H21F3N2O4S. The third-order valence-corrected chi connectivity index (χ3v) is 5.29. The van der Waals surface area contributed by atoms with E-state index in [1.54, 1.807) is 31.2 Å². The number of halogens is 3. The molecule has 0 aromatic heterocycles. The summed E-state index contributed by atoms with van der Waals surface area (Å²) in [7, 11) is -2.42. The number of para-hydroxylation sites is 1. The molecule has 1 atom stereocenters. The Morgan fingerprint density at radius 3 is 2.24 bits per heavy atom. The van der Waals surface area contributed by atoms with Crippen LogP contribution in [0.2, 0.25) is 0 Å². The van der Waals surface area contributed by atoms with Crippen LogP contribution in [0.4, 0.5) is 18.9 Å². The lowest BCUT2D eigenvalue weighted by atomic mass is 10.1. The van der Waals surface area contributed by atoms with E-state index in [2.05, 4.69) is 5.32 Å². The van der Waals surface area contributed by atoms with Crippen LogP contribution >= 0.6 is 0 Å². The molecule has 10 heteroatoms. The number of alkyl halides is 3. The van der Waals surface area contributed by atoms with E-state index in [-0.39, 0.29) is 5.69 Å². The Morgan fingerprint density at radius 1 is 1.14 bits per heavy atom. The van der Waals surface area contributed by atoms with E-state index >= 15 is 0 Å². The summed E-state index contributed by atoms with van der Waals surface area (Å²) < 4.78 is 68.4. The molecule has 1 unspecified atom stereocenters. The summed E-state index contributed by atoms with van der Waals surface area (Å²) in [6, 6.07) is 10.1. The zero-order chi connectivity index (χ0) is 21.8. The number of carbonyl (C=O) groups excluding carboxylic acids is 1. The molecule has 0 bridgehead atoms. The maximum Gasteiger partial charge on any atom is 0.416 e. The zero-order valence-corrected chi connectivity index (χ0v) is 16.8. The van der Waals surface area contributed by atoms with Crippen molar-refractivity contribution in [3.8, 4) is 5.75 Å². The van der Waals surface area contributed by atoms with Gasteiger partial charge in [0, 0.05) is 5.56 Å². The van der Waals surface area contributed by atoms with Gasteiger partial charge in [-0.2, -0.15) is 13.2 Å². The summed E-state index contributed by atoms with van der Waals surface area (Å²) in [6.45, 7) is 1.13. The highest BCUT2D eigenvalue weighted by atomic mass is 32.2. The van der Waals surface area contributed by atoms with Gasteiger partial charge in [0.2, 0.25) is 15.9 Å². The van der Waals surface area contributed by atoms with Gasteiger partial charge in [-0.05, 0) is 37.3 Å². The Balaban J connectivity index is 2.19. The van der Waals surface area contributed by atoms with Gasteiger partial charge in [-0.25, -0.2) is 8.42 Å². The quantitative estimate of drug-likeness (QED) is 0.731. The fourth-order valence-corrected chi connectivity index (χ4v) is 3.59. The van der Waals surface area contributed by atoms with Gasteiger partial charge in [0.1, 0.15) is 12.3 Å². The molecule has 0 aliphatic heterocycles. The highest BCUT2D eigenvalue weighted by Gasteiger charge is 2.31. The summed E-state index contributed by atoms with van der Waals surface area (Å²) in [5.41, 5.74) is -0.256. The number of ether oxygens (including phenoxy) is 1. The van der Waals surface area contributed by atoms with E-state index in [0.29, 0.717) is 11.3 Å². The second-order valence-corrected chi connectivity index (χ2v) is 8.25. The third kappa shape index (κ3) is 5.86. The van der Waals surface area contributed by atoms with Crippen LogP contribution in [0.5, 0.6) is 5.75 Å². The van der Waals surface area contributed by atoms with Crippen molar-refractivity contribution in [2.45, 2.75) is 19.1 Å². The summed E-state index contributed by atoms with van der Waals surface area (Å²) in [4.78, 5) is 12.4. The minimum Gasteiger partial charge on any atom is -0.496 e. The van der Waals surface area contributed by atoms with Crippen molar-refractivity contribution in [1.82, 2.24) is 5.32 Å². The van der Waals surface area contributed by atoms with Crippen LogP contribution in [-0.2, 0) is 21.0 Å². The van der Waals surface area contributed by atoms with E-state index in [4.69, 9.17) is 4.74 Å². The summed E-state index contributed by atoms with van der Waals surface area (Å²) >= 11 is 0. The molecule has 0 spiro atoms. The molecule has 0 fully saturated rings. The van der Waals surface area contributed by atoms with Crippen LogP contribution in [-0.4, -0.2) is 34.2 Å². The zero-order valence-electron chi connectivity index (χ0n) is 16.0. The van der Waals surface area contributed by atoms with Crippen LogP contribution in [0.3, 0.4) is 0 Å². The summed E-state index contributed by atoms with van der Waals surface area (Å²) in [5.74, 6) is -0.0586. The van der Waals surface area contributed by atoms with E-state index in [1.807, 2.05) is 0 Å². The van der Waals surface area contributed by atoms with Crippen LogP contribution in [0.25, 0.3) is 0 Å². The van der Waals surface area contributed by atoms with Crippen LogP contribution < -0.4 is 14.4 Å². The first-order valence-corrected chi connectivity index (χ1v) is 10.4. The van der Waals surface area contributed by atoms with Crippen molar-refractivity contribution in [2.24, 2.45) is 0 Å². The molecular weight excluding hydrogens is 409 g/mol. The van der Waals surface area contributed by atoms with Gasteiger partial charge in [0.05, 0.1) is 30.7 Å². The smallest absolute Gasteiger partial charge is 0.416 e. The number of rotatable bonds is 7. The molecule has 0 aliphatic rings. The predicted molar refractivity (Wildman–Crippen MR) is 103 cm³/mol. The Kier molecular flexibility index (Phi) is 6.78. The van der Waals surface area contributed by atoms with Crippen LogP contribution in [0, 0.1) is 0 Å². The Bertz CT molecular complexity index is 960. The Hall–Kier alpha value is -2.75. The number of benzene rings is 2. The molecule has 29 heavy (non-hydrogen) atoms. The molecule has 1 amide bonds. The molecule has 1 N–H and O–H groups in total. The number of amides is 1. The Morgan fingerprint density at radius 2 is 1.72 bits per heavy atom. The normalized spacial score (nSPS) is 12.9. The first kappa shape index (κ1) is 22.5. The third-order valence-electron chi connectivity index (χ3n) is 4.15. The summed E-state index contributed by atoms with van der Waals surface area (Å²) in [6.07, 6.45) is -3.67. The standard InChI is InChI=1S/C19H21F3N2O4S/c1-13(16-6-4-5-7-17(16)28-2)23-18(25)12-24(29(3,26)27)15-10-8-14(9-11-15)19(20,21)22/h4-11,13H,12H2,1-3H3,(H,23,25). The van der Waals surface area contributed by atoms with Gasteiger partial charge >= 0.3 is 6.18 Å². The van der Waals surface area contributed by atoms with Gasteiger partial charge in [-0.15, -0.1) is 0 Å². The minimum atomic E-state index is -4.55. The van der Waals surface area contributed by atoms with E-state index in [1.165, 1.54) is 7.11 Å². The fourth-order valence-electron chi connectivity index (χ4n) is 2.74. The largest absolute Gasteiger partial charge is 0.496 e. The van der Waals surface area contributed by atoms with Crippen molar-refractivity contribution < 1.29 is 31.1 Å². The van der Waals surface area contributed by atoms with Gasteiger partial charge < -0.3 is 10.1 Å². The number of nitrogens with one attached hydrogen (secondary N) is 1. The number of sulfonamides is 1. The fraction of sp³-hybridized carbons (Fsp3) is 0.316.